The minimum Gasteiger partial charge on any atom is -0.326 e. The van der Waals surface area contributed by atoms with E-state index in [2.05, 4.69) is 26.8 Å². The van der Waals surface area contributed by atoms with Gasteiger partial charge in [-0.3, -0.25) is 4.79 Å². The zero-order valence-corrected chi connectivity index (χ0v) is 11.7. The van der Waals surface area contributed by atoms with Crippen LogP contribution in [0, 0.1) is 11.3 Å². The van der Waals surface area contributed by atoms with Crippen LogP contribution in [0.1, 0.15) is 44.9 Å². The quantitative estimate of drug-likeness (QED) is 0.802. The average Bonchev–Trinajstić information content (AvgIpc) is 2.29. The van der Waals surface area contributed by atoms with Crippen molar-refractivity contribution < 1.29 is 4.79 Å². The molecule has 1 unspecified atom stereocenters. The van der Waals surface area contributed by atoms with Crippen molar-refractivity contribution in [3.63, 3.8) is 0 Å². The Hall–Kier alpha value is -1.82. The van der Waals surface area contributed by atoms with Gasteiger partial charge in [0, 0.05) is 14.0 Å². The first-order chi connectivity index (χ1) is 8.27. The molecule has 1 atom stereocenters. The third-order valence-electron chi connectivity index (χ3n) is 3.10. The molecule has 0 aliphatic carbocycles. The molecular weight excluding hydrogens is 224 g/mol. The highest BCUT2D eigenvalue weighted by molar-refractivity contribution is 5.73. The Morgan fingerprint density at radius 2 is 1.78 bits per heavy atom. The molecule has 0 bridgehead atoms. The molecule has 0 aliphatic heterocycles. The van der Waals surface area contributed by atoms with E-state index in [9.17, 15) is 10.1 Å². The Balaban J connectivity index is 3.04. The lowest BCUT2D eigenvalue weighted by Crippen LogP contribution is -2.28. The average molecular weight is 244 g/mol. The fourth-order valence-corrected chi connectivity index (χ4v) is 1.73. The van der Waals surface area contributed by atoms with E-state index in [1.165, 1.54) is 17.4 Å². The number of hydrogen-bond acceptors (Lipinski definition) is 2. The monoisotopic (exact) mass is 244 g/mol. The lowest BCUT2D eigenvalue weighted by Gasteiger charge is -2.23. The number of rotatable bonds is 2. The van der Waals surface area contributed by atoms with Gasteiger partial charge in [-0.05, 0) is 16.5 Å². The molecular formula is C15H20N2O. The molecule has 0 fully saturated rings. The number of hydrogen-bond donors (Lipinski definition) is 0. The van der Waals surface area contributed by atoms with E-state index in [0.717, 1.165) is 5.56 Å². The summed E-state index contributed by atoms with van der Waals surface area (Å²) >= 11 is 0. The number of benzene rings is 1. The van der Waals surface area contributed by atoms with Crippen LogP contribution in [0.5, 0.6) is 0 Å². The number of carbonyl (C=O) groups is 1. The molecule has 0 saturated carbocycles. The van der Waals surface area contributed by atoms with E-state index >= 15 is 0 Å². The van der Waals surface area contributed by atoms with Gasteiger partial charge in [0.15, 0.2) is 0 Å². The van der Waals surface area contributed by atoms with Gasteiger partial charge in [-0.1, -0.05) is 45.0 Å². The van der Waals surface area contributed by atoms with Gasteiger partial charge in [-0.2, -0.15) is 5.26 Å². The highest BCUT2D eigenvalue weighted by Gasteiger charge is 2.19. The number of carbonyl (C=O) groups excluding carboxylic acids is 1. The summed E-state index contributed by atoms with van der Waals surface area (Å²) < 4.78 is 0. The first kappa shape index (κ1) is 14.2. The smallest absolute Gasteiger partial charge is 0.220 e. The van der Waals surface area contributed by atoms with E-state index in [1.54, 1.807) is 7.05 Å². The Kier molecular flexibility index (Phi) is 4.13. The third-order valence-corrected chi connectivity index (χ3v) is 3.10. The Labute approximate surface area is 109 Å². The summed E-state index contributed by atoms with van der Waals surface area (Å²) in [5, 5.41) is 9.18. The van der Waals surface area contributed by atoms with E-state index in [-0.39, 0.29) is 11.3 Å². The summed E-state index contributed by atoms with van der Waals surface area (Å²) in [7, 11) is 1.65. The minimum atomic E-state index is -0.517. The summed E-state index contributed by atoms with van der Waals surface area (Å²) in [6.45, 7) is 7.90. The maximum atomic E-state index is 11.3. The fourth-order valence-electron chi connectivity index (χ4n) is 1.73. The molecule has 18 heavy (non-hydrogen) atoms. The van der Waals surface area contributed by atoms with Crippen molar-refractivity contribution in [2.24, 2.45) is 0 Å². The molecule has 1 rings (SSSR count). The van der Waals surface area contributed by atoms with Gasteiger partial charge in [-0.15, -0.1) is 0 Å². The van der Waals surface area contributed by atoms with Gasteiger partial charge < -0.3 is 4.90 Å². The topological polar surface area (TPSA) is 44.1 Å². The Bertz CT molecular complexity index is 463. The summed E-state index contributed by atoms with van der Waals surface area (Å²) in [6, 6.07) is 9.54. The maximum absolute atomic E-state index is 11.3. The van der Waals surface area contributed by atoms with Crippen LogP contribution in [0.3, 0.4) is 0 Å². The van der Waals surface area contributed by atoms with Crippen LogP contribution in [0.25, 0.3) is 0 Å². The van der Waals surface area contributed by atoms with Gasteiger partial charge in [0.2, 0.25) is 5.91 Å². The van der Waals surface area contributed by atoms with E-state index in [1.807, 2.05) is 24.3 Å². The molecule has 1 amide bonds. The molecule has 0 aliphatic rings. The zero-order valence-electron chi connectivity index (χ0n) is 11.7. The summed E-state index contributed by atoms with van der Waals surface area (Å²) in [5.41, 5.74) is 2.16. The van der Waals surface area contributed by atoms with Gasteiger partial charge in [0.05, 0.1) is 6.07 Å². The first-order valence-corrected chi connectivity index (χ1v) is 6.01. The predicted molar refractivity (Wildman–Crippen MR) is 71.9 cm³/mol. The van der Waals surface area contributed by atoms with Crippen molar-refractivity contribution in [1.29, 1.82) is 5.26 Å². The van der Waals surface area contributed by atoms with Gasteiger partial charge in [0.25, 0.3) is 0 Å². The van der Waals surface area contributed by atoms with Crippen LogP contribution in [0.2, 0.25) is 0 Å². The van der Waals surface area contributed by atoms with Crippen LogP contribution in [0.15, 0.2) is 24.3 Å². The van der Waals surface area contributed by atoms with Crippen molar-refractivity contribution in [2.45, 2.75) is 39.2 Å². The summed E-state index contributed by atoms with van der Waals surface area (Å²) in [4.78, 5) is 12.8. The van der Waals surface area contributed by atoms with Crippen molar-refractivity contribution in [3.05, 3.63) is 35.4 Å². The normalized spacial score (nSPS) is 12.7. The fraction of sp³-hybridized carbons (Fsp3) is 0.467. The van der Waals surface area contributed by atoms with Crippen LogP contribution >= 0.6 is 0 Å². The molecule has 96 valence electrons. The van der Waals surface area contributed by atoms with E-state index in [0.29, 0.717) is 0 Å². The molecule has 0 N–H and O–H groups in total. The SMILES string of the molecule is CC(=O)N(C)C(C#N)c1ccc(C(C)(C)C)cc1. The molecule has 1 aromatic carbocycles. The molecule has 0 aromatic heterocycles. The first-order valence-electron chi connectivity index (χ1n) is 6.01. The highest BCUT2D eigenvalue weighted by Crippen LogP contribution is 2.25. The number of nitrogens with zero attached hydrogens (tertiary/aromatic N) is 2. The molecule has 0 heterocycles. The minimum absolute atomic E-state index is 0.0904. The van der Waals surface area contributed by atoms with E-state index in [4.69, 9.17) is 0 Å². The van der Waals surface area contributed by atoms with Crippen LogP contribution in [0.4, 0.5) is 0 Å². The second-order valence-electron chi connectivity index (χ2n) is 5.53. The third kappa shape index (κ3) is 3.10. The van der Waals surface area contributed by atoms with Gasteiger partial charge in [-0.25, -0.2) is 0 Å². The highest BCUT2D eigenvalue weighted by atomic mass is 16.2. The predicted octanol–water partition coefficient (Wildman–Crippen LogP) is 3.03. The Morgan fingerprint density at radius 3 is 2.11 bits per heavy atom. The molecule has 0 radical (unpaired) electrons. The second kappa shape index (κ2) is 5.22. The number of nitriles is 1. The number of amides is 1. The van der Waals surface area contributed by atoms with Crippen LogP contribution in [-0.2, 0) is 10.2 Å². The second-order valence-corrected chi connectivity index (χ2v) is 5.53. The summed E-state index contributed by atoms with van der Waals surface area (Å²) in [5.74, 6) is -0.110. The van der Waals surface area contributed by atoms with Crippen LogP contribution in [-0.4, -0.2) is 17.9 Å². The van der Waals surface area contributed by atoms with Crippen molar-refractivity contribution >= 4 is 5.91 Å². The molecule has 3 nitrogen and oxygen atoms in total. The largest absolute Gasteiger partial charge is 0.326 e. The standard InChI is InChI=1S/C15H20N2O/c1-11(18)17(5)14(10-16)12-6-8-13(9-7-12)15(2,3)4/h6-9,14H,1-5H3. The molecule has 0 saturated heterocycles. The van der Waals surface area contributed by atoms with Gasteiger partial charge in [0.1, 0.15) is 6.04 Å². The van der Waals surface area contributed by atoms with E-state index < -0.39 is 6.04 Å². The molecule has 3 heteroatoms. The lowest BCUT2D eigenvalue weighted by atomic mass is 9.86. The zero-order chi connectivity index (χ0) is 13.9. The lowest BCUT2D eigenvalue weighted by molar-refractivity contribution is -0.128. The molecule has 1 aromatic rings. The summed E-state index contributed by atoms with van der Waals surface area (Å²) in [6.07, 6.45) is 0. The van der Waals surface area contributed by atoms with Crippen molar-refractivity contribution in [3.8, 4) is 6.07 Å². The van der Waals surface area contributed by atoms with Gasteiger partial charge >= 0.3 is 0 Å². The van der Waals surface area contributed by atoms with Crippen molar-refractivity contribution in [2.75, 3.05) is 7.05 Å². The molecule has 0 spiro atoms. The maximum Gasteiger partial charge on any atom is 0.220 e. The van der Waals surface area contributed by atoms with Crippen molar-refractivity contribution in [1.82, 2.24) is 4.90 Å². The Morgan fingerprint density at radius 1 is 1.28 bits per heavy atom. The van der Waals surface area contributed by atoms with Crippen LogP contribution < -0.4 is 0 Å².